The molecule has 0 aliphatic carbocycles. The molecule has 5 heteroatoms. The lowest BCUT2D eigenvalue weighted by molar-refractivity contribution is -0.122. The largest absolute Gasteiger partial charge is 0.368 e. The van der Waals surface area contributed by atoms with Crippen molar-refractivity contribution in [2.75, 3.05) is 13.6 Å². The zero-order valence-electron chi connectivity index (χ0n) is 8.26. The van der Waals surface area contributed by atoms with Gasteiger partial charge in [-0.1, -0.05) is 13.8 Å². The van der Waals surface area contributed by atoms with Gasteiger partial charge < -0.3 is 11.1 Å². The van der Waals surface area contributed by atoms with Crippen molar-refractivity contribution in [1.82, 2.24) is 10.6 Å². The summed E-state index contributed by atoms with van der Waals surface area (Å²) < 4.78 is 0. The molecule has 1 atom stereocenters. The van der Waals surface area contributed by atoms with E-state index in [-0.39, 0.29) is 18.4 Å². The van der Waals surface area contributed by atoms with E-state index in [1.165, 1.54) is 0 Å². The van der Waals surface area contributed by atoms with E-state index < -0.39 is 11.9 Å². The lowest BCUT2D eigenvalue weighted by atomic mass is 10.0. The van der Waals surface area contributed by atoms with Gasteiger partial charge in [-0.25, -0.2) is 0 Å². The number of likely N-dealkylation sites (N-methyl/N-ethyl adjacent to an activating group) is 1. The predicted molar refractivity (Wildman–Crippen MR) is 49.9 cm³/mol. The molecule has 0 fully saturated rings. The normalized spacial score (nSPS) is 12.6. The Morgan fingerprint density at radius 1 is 1.38 bits per heavy atom. The minimum absolute atomic E-state index is 0.0853. The summed E-state index contributed by atoms with van der Waals surface area (Å²) in [4.78, 5) is 21.7. The maximum atomic E-state index is 10.9. The molecule has 1 unspecified atom stereocenters. The van der Waals surface area contributed by atoms with Crippen LogP contribution in [0.1, 0.15) is 13.8 Å². The standard InChI is InChI=1S/C8H17N3O2/c1-5(2)7(8(9)13)11-4-6(12)10-3/h5,7,11H,4H2,1-3H3,(H2,9,13)(H,10,12). The van der Waals surface area contributed by atoms with E-state index in [2.05, 4.69) is 10.6 Å². The van der Waals surface area contributed by atoms with Crippen molar-refractivity contribution in [3.8, 4) is 0 Å². The van der Waals surface area contributed by atoms with Crippen molar-refractivity contribution in [3.05, 3.63) is 0 Å². The van der Waals surface area contributed by atoms with Gasteiger partial charge in [-0.05, 0) is 5.92 Å². The number of carbonyl (C=O) groups excluding carboxylic acids is 2. The van der Waals surface area contributed by atoms with Crippen molar-refractivity contribution in [2.24, 2.45) is 11.7 Å². The number of hydrogen-bond donors (Lipinski definition) is 3. The molecule has 0 saturated heterocycles. The summed E-state index contributed by atoms with van der Waals surface area (Å²) in [5, 5.41) is 5.23. The Bertz CT molecular complexity index is 192. The Kier molecular flexibility index (Phi) is 5.06. The highest BCUT2D eigenvalue weighted by Crippen LogP contribution is 1.99. The van der Waals surface area contributed by atoms with Gasteiger partial charge in [-0.2, -0.15) is 0 Å². The molecule has 5 nitrogen and oxygen atoms in total. The maximum Gasteiger partial charge on any atom is 0.234 e. The van der Waals surface area contributed by atoms with E-state index in [1.807, 2.05) is 13.8 Å². The van der Waals surface area contributed by atoms with E-state index in [1.54, 1.807) is 7.05 Å². The van der Waals surface area contributed by atoms with Gasteiger partial charge in [-0.3, -0.25) is 14.9 Å². The number of hydrogen-bond acceptors (Lipinski definition) is 3. The molecule has 0 aliphatic rings. The van der Waals surface area contributed by atoms with Gasteiger partial charge in [0.2, 0.25) is 11.8 Å². The molecule has 0 rings (SSSR count). The Hall–Kier alpha value is -1.10. The van der Waals surface area contributed by atoms with Gasteiger partial charge in [0, 0.05) is 7.05 Å². The molecule has 0 aliphatic heterocycles. The summed E-state index contributed by atoms with van der Waals surface area (Å²) in [5.74, 6) is -0.507. The highest BCUT2D eigenvalue weighted by Gasteiger charge is 2.18. The molecule has 0 aromatic heterocycles. The zero-order chi connectivity index (χ0) is 10.4. The molecule has 0 bridgehead atoms. The third-order valence-corrected chi connectivity index (χ3v) is 1.73. The fraction of sp³-hybridized carbons (Fsp3) is 0.750. The number of rotatable bonds is 5. The lowest BCUT2D eigenvalue weighted by Gasteiger charge is -2.18. The fourth-order valence-corrected chi connectivity index (χ4v) is 0.956. The summed E-state index contributed by atoms with van der Waals surface area (Å²) in [5.41, 5.74) is 5.13. The number of nitrogens with one attached hydrogen (secondary N) is 2. The van der Waals surface area contributed by atoms with Crippen molar-refractivity contribution in [3.63, 3.8) is 0 Å². The van der Waals surface area contributed by atoms with Crippen LogP contribution in [0.5, 0.6) is 0 Å². The second-order valence-electron chi connectivity index (χ2n) is 3.18. The van der Waals surface area contributed by atoms with Crippen LogP contribution in [0.15, 0.2) is 0 Å². The molecule has 0 heterocycles. The molecule has 0 aromatic carbocycles. The summed E-state index contributed by atoms with van der Waals surface area (Å²) in [6.45, 7) is 3.85. The van der Waals surface area contributed by atoms with Crippen LogP contribution in [-0.4, -0.2) is 31.4 Å². The quantitative estimate of drug-likeness (QED) is 0.507. The van der Waals surface area contributed by atoms with Crippen molar-refractivity contribution < 1.29 is 9.59 Å². The highest BCUT2D eigenvalue weighted by molar-refractivity contribution is 5.82. The minimum Gasteiger partial charge on any atom is -0.368 e. The molecule has 0 radical (unpaired) electrons. The Morgan fingerprint density at radius 2 is 1.92 bits per heavy atom. The number of amides is 2. The molecule has 13 heavy (non-hydrogen) atoms. The van der Waals surface area contributed by atoms with E-state index in [4.69, 9.17) is 5.73 Å². The third-order valence-electron chi connectivity index (χ3n) is 1.73. The summed E-state index contributed by atoms with van der Waals surface area (Å²) in [6.07, 6.45) is 0. The van der Waals surface area contributed by atoms with Gasteiger partial charge in [0.15, 0.2) is 0 Å². The SMILES string of the molecule is CNC(=O)CNC(C(N)=O)C(C)C. The molecule has 0 saturated carbocycles. The topological polar surface area (TPSA) is 84.2 Å². The molecule has 2 amide bonds. The average molecular weight is 187 g/mol. The Labute approximate surface area is 78.1 Å². The molecular weight excluding hydrogens is 170 g/mol. The lowest BCUT2D eigenvalue weighted by Crippen LogP contribution is -2.48. The van der Waals surface area contributed by atoms with E-state index in [0.29, 0.717) is 0 Å². The van der Waals surface area contributed by atoms with Gasteiger partial charge in [0.05, 0.1) is 12.6 Å². The van der Waals surface area contributed by atoms with Crippen LogP contribution in [0.2, 0.25) is 0 Å². The van der Waals surface area contributed by atoms with Gasteiger partial charge in [0.25, 0.3) is 0 Å². The van der Waals surface area contributed by atoms with Crippen molar-refractivity contribution in [2.45, 2.75) is 19.9 Å². The average Bonchev–Trinajstić information content (AvgIpc) is 2.03. The van der Waals surface area contributed by atoms with Crippen LogP contribution in [0.3, 0.4) is 0 Å². The van der Waals surface area contributed by atoms with Crippen molar-refractivity contribution >= 4 is 11.8 Å². The van der Waals surface area contributed by atoms with Gasteiger partial charge >= 0.3 is 0 Å². The molecule has 0 spiro atoms. The minimum atomic E-state index is -0.447. The Balaban J connectivity index is 3.97. The number of primary amides is 1. The first kappa shape index (κ1) is 11.9. The highest BCUT2D eigenvalue weighted by atomic mass is 16.2. The smallest absolute Gasteiger partial charge is 0.234 e. The summed E-state index contributed by atoms with van der Waals surface area (Å²) >= 11 is 0. The Morgan fingerprint density at radius 3 is 2.23 bits per heavy atom. The second-order valence-corrected chi connectivity index (χ2v) is 3.18. The molecule has 4 N–H and O–H groups in total. The predicted octanol–water partition coefficient (Wildman–Crippen LogP) is -1.17. The monoisotopic (exact) mass is 187 g/mol. The van der Waals surface area contributed by atoms with Crippen LogP contribution >= 0.6 is 0 Å². The van der Waals surface area contributed by atoms with Crippen LogP contribution in [0, 0.1) is 5.92 Å². The van der Waals surface area contributed by atoms with Crippen LogP contribution in [0.4, 0.5) is 0 Å². The number of carbonyl (C=O) groups is 2. The van der Waals surface area contributed by atoms with Gasteiger partial charge in [-0.15, -0.1) is 0 Å². The van der Waals surface area contributed by atoms with E-state index in [0.717, 1.165) is 0 Å². The third kappa shape index (κ3) is 4.47. The summed E-state index contributed by atoms with van der Waals surface area (Å²) in [6, 6.07) is -0.447. The summed E-state index contributed by atoms with van der Waals surface area (Å²) in [7, 11) is 1.54. The van der Waals surface area contributed by atoms with Crippen molar-refractivity contribution in [1.29, 1.82) is 0 Å². The fourth-order valence-electron chi connectivity index (χ4n) is 0.956. The number of nitrogens with two attached hydrogens (primary N) is 1. The molecule has 76 valence electrons. The maximum absolute atomic E-state index is 10.9. The second kappa shape index (κ2) is 5.53. The molecule has 0 aromatic rings. The van der Waals surface area contributed by atoms with E-state index >= 15 is 0 Å². The van der Waals surface area contributed by atoms with Crippen LogP contribution in [-0.2, 0) is 9.59 Å². The van der Waals surface area contributed by atoms with E-state index in [9.17, 15) is 9.59 Å². The zero-order valence-corrected chi connectivity index (χ0v) is 8.26. The first-order valence-corrected chi connectivity index (χ1v) is 4.22. The van der Waals surface area contributed by atoms with Crippen LogP contribution in [0.25, 0.3) is 0 Å². The molecular formula is C8H17N3O2. The first-order chi connectivity index (χ1) is 5.99. The first-order valence-electron chi connectivity index (χ1n) is 4.22. The van der Waals surface area contributed by atoms with Gasteiger partial charge in [0.1, 0.15) is 0 Å². The van der Waals surface area contributed by atoms with Crippen LogP contribution < -0.4 is 16.4 Å².